The Hall–Kier alpha value is -7.56. The van der Waals surface area contributed by atoms with E-state index in [4.69, 9.17) is 14.1 Å². The number of allylic oxidation sites excluding steroid dienone is 2. The van der Waals surface area contributed by atoms with Crippen molar-refractivity contribution in [3.63, 3.8) is 0 Å². The van der Waals surface area contributed by atoms with Gasteiger partial charge in [-0.1, -0.05) is 156 Å². The summed E-state index contributed by atoms with van der Waals surface area (Å²) >= 11 is 0. The van der Waals surface area contributed by atoms with Gasteiger partial charge >= 0.3 is 0 Å². The van der Waals surface area contributed by atoms with Crippen LogP contribution in [0.1, 0.15) is 22.9 Å². The van der Waals surface area contributed by atoms with Crippen molar-refractivity contribution in [3.8, 4) is 78.1 Å². The maximum absolute atomic E-state index is 13.0. The van der Waals surface area contributed by atoms with Crippen molar-refractivity contribution >= 4 is 27.6 Å². The molecule has 2 heterocycles. The average molecular weight is 1020 g/mol. The normalized spacial score (nSPS) is 12.2. The summed E-state index contributed by atoms with van der Waals surface area (Å²) in [5.74, 6) is -1.37. The van der Waals surface area contributed by atoms with Crippen molar-refractivity contribution < 1.29 is 34.1 Å². The fraction of sp³-hybridized carbons (Fsp3) is 0.0500. The number of fused-ring (bicyclic) bond motifs is 2. The van der Waals surface area contributed by atoms with Crippen molar-refractivity contribution in [2.45, 2.75) is 19.7 Å². The Bertz CT molecular complexity index is 3310. The fourth-order valence-corrected chi connectivity index (χ4v) is 8.51. The molecule has 5 heteroatoms. The molecule has 0 amide bonds. The van der Waals surface area contributed by atoms with Gasteiger partial charge in [-0.15, -0.1) is 59.7 Å². The second-order valence-electron chi connectivity index (χ2n) is 15.8. The smallest absolute Gasteiger partial charge is 0.159 e. The molecule has 1 radical (unpaired) electrons. The van der Waals surface area contributed by atoms with E-state index < -0.39 is 18.4 Å². The predicted molar refractivity (Wildman–Crippen MR) is 262 cm³/mol. The number of pyridine rings is 2. The predicted octanol–water partition coefficient (Wildman–Crippen LogP) is 15.0. The van der Waals surface area contributed by atoms with Crippen LogP contribution in [0, 0.1) is 12.1 Å². The fourth-order valence-electron chi connectivity index (χ4n) is 8.51. The van der Waals surface area contributed by atoms with Crippen LogP contribution in [0.5, 0.6) is 0 Å². The maximum Gasteiger partial charge on any atom is 0.159 e. The van der Waals surface area contributed by atoms with Crippen LogP contribution < -0.4 is 0 Å². The molecule has 0 aliphatic rings. The summed E-state index contributed by atoms with van der Waals surface area (Å²) in [7, 11) is 0. The van der Waals surface area contributed by atoms with Crippen molar-refractivity contribution in [2.75, 3.05) is 0 Å². The summed E-state index contributed by atoms with van der Waals surface area (Å²) in [6.07, 6.45) is 1.19. The number of hydrogen-bond donors (Lipinski definition) is 1. The summed E-state index contributed by atoms with van der Waals surface area (Å²) in [5, 5.41) is 12.2. The minimum atomic E-state index is -2.75. The zero-order valence-electron chi connectivity index (χ0n) is 38.1. The third-order valence-corrected chi connectivity index (χ3v) is 11.7. The van der Waals surface area contributed by atoms with Crippen molar-refractivity contribution in [1.29, 1.82) is 0 Å². The number of hydrogen-bond acceptors (Lipinski definition) is 4. The van der Waals surface area contributed by atoms with Gasteiger partial charge in [-0.2, -0.15) is 0 Å². The Morgan fingerprint density at radius 2 is 0.954 bits per heavy atom. The first-order chi connectivity index (χ1) is 32.6. The van der Waals surface area contributed by atoms with E-state index in [1.807, 2.05) is 78.9 Å². The van der Waals surface area contributed by atoms with Gasteiger partial charge in [0.15, 0.2) is 5.78 Å². The average Bonchev–Trinajstić information content (AvgIpc) is 3.37. The second kappa shape index (κ2) is 19.0. The number of carbonyl (C=O) groups is 1. The molecule has 315 valence electrons. The van der Waals surface area contributed by atoms with Gasteiger partial charge in [0.05, 0.1) is 16.8 Å². The Morgan fingerprint density at radius 1 is 0.523 bits per heavy atom. The monoisotopic (exact) mass is 1020 g/mol. The molecule has 4 nitrogen and oxygen atoms in total. The molecular weight excluding hydrogens is 973 g/mol. The molecule has 0 spiro atoms. The minimum Gasteiger partial charge on any atom is -0.512 e. The number of carbonyl (C=O) groups excluding carboxylic acids is 1. The van der Waals surface area contributed by atoms with Crippen LogP contribution in [-0.2, 0) is 31.3 Å². The molecule has 0 aliphatic heterocycles. The van der Waals surface area contributed by atoms with E-state index in [1.165, 1.54) is 0 Å². The van der Waals surface area contributed by atoms with Gasteiger partial charge < -0.3 is 5.11 Å². The number of para-hydroxylation sites is 2. The number of rotatable bonds is 11. The molecule has 0 atom stereocenters. The third-order valence-electron chi connectivity index (χ3n) is 11.7. The number of benzene rings is 8. The van der Waals surface area contributed by atoms with Gasteiger partial charge in [0.2, 0.25) is 0 Å². The third kappa shape index (κ3) is 9.25. The van der Waals surface area contributed by atoms with Crippen LogP contribution in [0.25, 0.3) is 100.0 Å². The second-order valence-corrected chi connectivity index (χ2v) is 15.8. The standard InChI is InChI=1S/C60H42N2O2.Ir/c1-40(63)36-51(64)33-30-41-12-2-5-15-52(41)48-37-49(55-18-8-6-16-53(55)42-22-26-46(27-23-42)59-34-31-44-13-3-10-20-57(44)61-59)39-50(38-48)56-19-9-7-17-54(56)43-24-28-47(29-25-43)60-35-32-45-14-4-11-21-58(45)62-60;/h2-26,28,31-32,34-39,63H,30,33H2,1H3;/q-2;/b40-36-;/i1D3;. The number of nitrogens with zero attached hydrogens (tertiary/aromatic N) is 2. The first-order valence-corrected chi connectivity index (χ1v) is 21.3. The SMILES string of the molecule is [2H]C([2H])([2H])/C(O)=C/C(=O)CCc1ccccc1-c1cc(-c2ccccc2-c2c[c-]c(-c3ccc4ccccc4n3)cc2)cc(-c2ccccc2-c2c[c-]c(-c3ccc4ccccc4n3)cc2)c1.[Ir]. The van der Waals surface area contributed by atoms with E-state index >= 15 is 0 Å². The van der Waals surface area contributed by atoms with Gasteiger partial charge in [0.25, 0.3) is 0 Å². The molecule has 0 saturated carbocycles. The summed E-state index contributed by atoms with van der Waals surface area (Å²) in [5.41, 5.74) is 16.4. The molecule has 8 aromatic carbocycles. The zero-order valence-corrected chi connectivity index (χ0v) is 37.5. The molecule has 10 rings (SSSR count). The first-order valence-electron chi connectivity index (χ1n) is 22.8. The van der Waals surface area contributed by atoms with E-state index in [2.05, 4.69) is 133 Å². The molecule has 1 N–H and O–H groups in total. The zero-order chi connectivity index (χ0) is 45.9. The van der Waals surface area contributed by atoms with Crippen LogP contribution in [0.15, 0.2) is 212 Å². The van der Waals surface area contributed by atoms with Crippen molar-refractivity contribution in [3.05, 3.63) is 230 Å². The molecule has 0 saturated heterocycles. The quantitative estimate of drug-likeness (QED) is 0.0797. The Morgan fingerprint density at radius 3 is 1.43 bits per heavy atom. The first kappa shape index (κ1) is 39.1. The number of aliphatic hydroxyl groups is 1. The largest absolute Gasteiger partial charge is 0.512 e. The van der Waals surface area contributed by atoms with Crippen molar-refractivity contribution in [1.82, 2.24) is 9.97 Å². The van der Waals surface area contributed by atoms with E-state index in [0.717, 1.165) is 112 Å². The molecule has 0 fully saturated rings. The Labute approximate surface area is 397 Å². The minimum absolute atomic E-state index is 0. The molecule has 0 aliphatic carbocycles. The number of ketones is 1. The summed E-state index contributed by atoms with van der Waals surface area (Å²) in [6, 6.07) is 75.3. The molecule has 0 unspecified atom stereocenters. The molecule has 2 aromatic heterocycles. The van der Waals surface area contributed by atoms with Crippen molar-refractivity contribution in [2.24, 2.45) is 0 Å². The van der Waals surface area contributed by atoms with Gasteiger partial charge in [0, 0.05) is 36.7 Å². The van der Waals surface area contributed by atoms with Crippen LogP contribution in [0.3, 0.4) is 0 Å². The summed E-state index contributed by atoms with van der Waals surface area (Å²) in [6.45, 7) is -2.75. The number of aliphatic hydroxyl groups excluding tert-OH is 1. The van der Waals surface area contributed by atoms with Gasteiger partial charge in [-0.05, 0) is 105 Å². The molecule has 10 aromatic rings. The molecular formula is C60H42IrN2O2-2. The molecule has 65 heavy (non-hydrogen) atoms. The summed E-state index contributed by atoms with van der Waals surface area (Å²) in [4.78, 5) is 22.8. The van der Waals surface area contributed by atoms with Crippen LogP contribution in [-0.4, -0.2) is 20.9 Å². The van der Waals surface area contributed by atoms with E-state index in [-0.39, 0.29) is 26.5 Å². The Kier molecular flexibility index (Phi) is 11.4. The van der Waals surface area contributed by atoms with Crippen LogP contribution >= 0.6 is 0 Å². The number of aromatic nitrogens is 2. The van der Waals surface area contributed by atoms with Crippen LogP contribution in [0.2, 0.25) is 0 Å². The Balaban J connectivity index is 0.00000578. The van der Waals surface area contributed by atoms with E-state index in [0.29, 0.717) is 6.42 Å². The maximum atomic E-state index is 13.0. The van der Waals surface area contributed by atoms with Gasteiger partial charge in [0.1, 0.15) is 0 Å². The number of aryl methyl sites for hydroxylation is 1. The topological polar surface area (TPSA) is 63.1 Å². The van der Waals surface area contributed by atoms with Gasteiger partial charge in [-0.3, -0.25) is 14.8 Å². The van der Waals surface area contributed by atoms with Gasteiger partial charge in [-0.25, -0.2) is 0 Å². The van der Waals surface area contributed by atoms with E-state index in [9.17, 15) is 9.90 Å². The summed E-state index contributed by atoms with van der Waals surface area (Å²) < 4.78 is 22.5. The van der Waals surface area contributed by atoms with E-state index in [1.54, 1.807) is 0 Å². The molecule has 0 bridgehead atoms. The van der Waals surface area contributed by atoms with Crippen LogP contribution in [0.4, 0.5) is 0 Å².